The molecule has 11 heteroatoms. The molecule has 0 heterocycles. The number of halogens is 5. The van der Waals surface area contributed by atoms with E-state index in [-0.39, 0.29) is 22.9 Å². The maximum Gasteiger partial charge on any atom is 0.416 e. The fourth-order valence-electron chi connectivity index (χ4n) is 2.69. The molecule has 0 atom stereocenters. The molecule has 2 amide bonds. The first-order valence-electron chi connectivity index (χ1n) is 9.61. The quantitative estimate of drug-likeness (QED) is 0.215. The van der Waals surface area contributed by atoms with Crippen LogP contribution >= 0.6 is 11.6 Å². The van der Waals surface area contributed by atoms with Gasteiger partial charge in [0.25, 0.3) is 0 Å². The maximum absolute atomic E-state index is 13.8. The number of ether oxygens (including phenoxy) is 1. The molecule has 0 aliphatic rings. The Bertz CT molecular complexity index is 1210. The summed E-state index contributed by atoms with van der Waals surface area (Å²) in [6.45, 7) is -0.113. The van der Waals surface area contributed by atoms with Gasteiger partial charge in [-0.25, -0.2) is 9.82 Å². The summed E-state index contributed by atoms with van der Waals surface area (Å²) in [5.74, 6) is -2.51. The van der Waals surface area contributed by atoms with Gasteiger partial charge in [-0.1, -0.05) is 35.9 Å². The Hall–Kier alpha value is -3.92. The number of amides is 2. The van der Waals surface area contributed by atoms with E-state index in [9.17, 15) is 27.2 Å². The van der Waals surface area contributed by atoms with E-state index >= 15 is 0 Å². The SMILES string of the molecule is O=C(N/N=C/c1cccc(OCc2c(F)cccc2Cl)c1)C(=O)Nc1cccc(C(F)(F)F)c1. The molecular formula is C23H16ClF4N3O3. The van der Waals surface area contributed by atoms with Gasteiger partial charge in [-0.2, -0.15) is 18.3 Å². The van der Waals surface area contributed by atoms with Crippen LogP contribution in [-0.4, -0.2) is 18.0 Å². The molecule has 0 aromatic heterocycles. The largest absolute Gasteiger partial charge is 0.489 e. The van der Waals surface area contributed by atoms with E-state index in [1.165, 1.54) is 30.5 Å². The van der Waals surface area contributed by atoms with Gasteiger partial charge in [-0.3, -0.25) is 9.59 Å². The number of carbonyl (C=O) groups excluding carboxylic acids is 2. The van der Waals surface area contributed by atoms with Crippen LogP contribution in [0.4, 0.5) is 23.2 Å². The van der Waals surface area contributed by atoms with Crippen molar-refractivity contribution >= 4 is 35.3 Å². The van der Waals surface area contributed by atoms with E-state index in [0.29, 0.717) is 17.4 Å². The van der Waals surface area contributed by atoms with E-state index in [0.717, 1.165) is 12.1 Å². The van der Waals surface area contributed by atoms with Crippen molar-refractivity contribution in [2.24, 2.45) is 5.10 Å². The zero-order valence-electron chi connectivity index (χ0n) is 17.2. The van der Waals surface area contributed by atoms with E-state index < -0.39 is 29.4 Å². The standard InChI is InChI=1S/C23H16ClF4N3O3/c24-19-8-3-9-20(25)18(19)13-34-17-7-1-4-14(10-17)12-29-31-22(33)21(32)30-16-6-2-5-15(11-16)23(26,27)28/h1-12H,13H2,(H,30,32)(H,31,33)/b29-12+. The number of nitrogens with zero attached hydrogens (tertiary/aromatic N) is 1. The highest BCUT2D eigenvalue weighted by atomic mass is 35.5. The number of anilines is 1. The second kappa shape index (κ2) is 10.8. The smallest absolute Gasteiger partial charge is 0.416 e. The molecule has 0 spiro atoms. The Kier molecular flexibility index (Phi) is 7.85. The molecule has 0 saturated carbocycles. The number of carbonyl (C=O) groups is 2. The van der Waals surface area contributed by atoms with Gasteiger partial charge in [-0.15, -0.1) is 0 Å². The Morgan fingerprint density at radius 1 is 1.00 bits per heavy atom. The highest BCUT2D eigenvalue weighted by Crippen LogP contribution is 2.30. The van der Waals surface area contributed by atoms with Gasteiger partial charge in [0.2, 0.25) is 0 Å². The van der Waals surface area contributed by atoms with Crippen molar-refractivity contribution in [2.75, 3.05) is 5.32 Å². The third kappa shape index (κ3) is 6.79. The lowest BCUT2D eigenvalue weighted by molar-refractivity contribution is -0.137. The monoisotopic (exact) mass is 493 g/mol. The van der Waals surface area contributed by atoms with Crippen LogP contribution in [0, 0.1) is 5.82 Å². The lowest BCUT2D eigenvalue weighted by atomic mass is 10.2. The lowest BCUT2D eigenvalue weighted by Gasteiger charge is -2.09. The minimum Gasteiger partial charge on any atom is -0.489 e. The normalized spacial score (nSPS) is 11.3. The fraction of sp³-hybridized carbons (Fsp3) is 0.0870. The van der Waals surface area contributed by atoms with E-state index in [1.807, 2.05) is 5.43 Å². The van der Waals surface area contributed by atoms with Crippen molar-refractivity contribution in [3.05, 3.63) is 94.3 Å². The van der Waals surface area contributed by atoms with Crippen LogP contribution in [0.5, 0.6) is 5.75 Å². The molecule has 0 aliphatic heterocycles. The number of nitrogens with one attached hydrogen (secondary N) is 2. The highest BCUT2D eigenvalue weighted by Gasteiger charge is 2.30. The summed E-state index contributed by atoms with van der Waals surface area (Å²) in [6.07, 6.45) is -3.37. The van der Waals surface area contributed by atoms with Crippen molar-refractivity contribution in [1.29, 1.82) is 0 Å². The first-order valence-corrected chi connectivity index (χ1v) is 9.98. The van der Waals surface area contributed by atoms with E-state index in [2.05, 4.69) is 10.4 Å². The topological polar surface area (TPSA) is 79.8 Å². The van der Waals surface area contributed by atoms with Crippen LogP contribution in [-0.2, 0) is 22.4 Å². The first-order chi connectivity index (χ1) is 16.1. The van der Waals surface area contributed by atoms with Crippen molar-refractivity contribution < 1.29 is 31.9 Å². The Balaban J connectivity index is 1.56. The third-order valence-electron chi connectivity index (χ3n) is 4.34. The molecule has 0 unspecified atom stereocenters. The number of hydrogen-bond acceptors (Lipinski definition) is 4. The second-order valence-electron chi connectivity index (χ2n) is 6.79. The summed E-state index contributed by atoms with van der Waals surface area (Å²) in [7, 11) is 0. The molecule has 6 nitrogen and oxygen atoms in total. The molecular weight excluding hydrogens is 478 g/mol. The van der Waals surface area contributed by atoms with Gasteiger partial charge in [0.1, 0.15) is 18.2 Å². The van der Waals surface area contributed by atoms with Gasteiger partial charge in [0.05, 0.1) is 16.8 Å². The average molecular weight is 494 g/mol. The van der Waals surface area contributed by atoms with Crippen LogP contribution in [0.2, 0.25) is 5.02 Å². The summed E-state index contributed by atoms with van der Waals surface area (Å²) < 4.78 is 57.6. The molecule has 0 bridgehead atoms. The van der Waals surface area contributed by atoms with Gasteiger partial charge < -0.3 is 10.1 Å². The zero-order chi connectivity index (χ0) is 24.7. The summed E-state index contributed by atoms with van der Waals surface area (Å²) in [5, 5.41) is 5.94. The van der Waals surface area contributed by atoms with Crippen LogP contribution < -0.4 is 15.5 Å². The predicted octanol–water partition coefficient (Wildman–Crippen LogP) is 5.17. The highest BCUT2D eigenvalue weighted by molar-refractivity contribution is 6.39. The minimum atomic E-state index is -4.59. The summed E-state index contributed by atoms with van der Waals surface area (Å²) in [6, 6.07) is 14.6. The van der Waals surface area contributed by atoms with E-state index in [1.54, 1.807) is 24.3 Å². The summed E-state index contributed by atoms with van der Waals surface area (Å²) >= 11 is 5.97. The average Bonchev–Trinajstić information content (AvgIpc) is 2.78. The third-order valence-corrected chi connectivity index (χ3v) is 4.69. The number of hydrazone groups is 1. The Labute approximate surface area is 196 Å². The van der Waals surface area contributed by atoms with Crippen molar-refractivity contribution in [1.82, 2.24) is 5.43 Å². The maximum atomic E-state index is 13.8. The number of benzene rings is 3. The molecule has 3 aromatic carbocycles. The Morgan fingerprint density at radius 2 is 1.74 bits per heavy atom. The predicted molar refractivity (Wildman–Crippen MR) is 118 cm³/mol. The van der Waals surface area contributed by atoms with E-state index in [4.69, 9.17) is 16.3 Å². The van der Waals surface area contributed by atoms with Crippen LogP contribution in [0.3, 0.4) is 0 Å². The number of alkyl halides is 3. The van der Waals surface area contributed by atoms with Gasteiger partial charge in [0.15, 0.2) is 0 Å². The van der Waals surface area contributed by atoms with Crippen molar-refractivity contribution in [3.63, 3.8) is 0 Å². The van der Waals surface area contributed by atoms with Gasteiger partial charge in [-0.05, 0) is 48.0 Å². The molecule has 34 heavy (non-hydrogen) atoms. The summed E-state index contributed by atoms with van der Waals surface area (Å²) in [5.41, 5.74) is 1.49. The second-order valence-corrected chi connectivity index (χ2v) is 7.20. The lowest BCUT2D eigenvalue weighted by Crippen LogP contribution is -2.32. The molecule has 0 fully saturated rings. The van der Waals surface area contributed by atoms with Crippen molar-refractivity contribution in [3.8, 4) is 5.75 Å². The molecule has 2 N–H and O–H groups in total. The molecule has 0 saturated heterocycles. The minimum absolute atomic E-state index is 0.113. The Morgan fingerprint density at radius 3 is 2.47 bits per heavy atom. The van der Waals surface area contributed by atoms with Gasteiger partial charge >= 0.3 is 18.0 Å². The summed E-state index contributed by atoms with van der Waals surface area (Å²) in [4.78, 5) is 23.8. The van der Waals surface area contributed by atoms with Crippen LogP contribution in [0.25, 0.3) is 0 Å². The number of hydrogen-bond donors (Lipinski definition) is 2. The number of rotatable bonds is 6. The molecule has 176 valence electrons. The zero-order valence-corrected chi connectivity index (χ0v) is 18.0. The molecule has 0 radical (unpaired) electrons. The molecule has 3 aromatic rings. The van der Waals surface area contributed by atoms with Gasteiger partial charge in [0, 0.05) is 11.3 Å². The molecule has 3 rings (SSSR count). The van der Waals surface area contributed by atoms with Crippen LogP contribution in [0.1, 0.15) is 16.7 Å². The first kappa shape index (κ1) is 24.7. The van der Waals surface area contributed by atoms with Crippen LogP contribution in [0.15, 0.2) is 71.8 Å². The van der Waals surface area contributed by atoms with Crippen molar-refractivity contribution in [2.45, 2.75) is 12.8 Å². The fourth-order valence-corrected chi connectivity index (χ4v) is 2.91. The molecule has 0 aliphatic carbocycles.